The van der Waals surface area contributed by atoms with Gasteiger partial charge in [0.05, 0.1) is 31.7 Å². The van der Waals surface area contributed by atoms with Crippen molar-refractivity contribution in [2.24, 2.45) is 5.41 Å². The van der Waals surface area contributed by atoms with E-state index in [0.29, 0.717) is 32.9 Å². The van der Waals surface area contributed by atoms with E-state index in [-0.39, 0.29) is 29.7 Å². The molecule has 0 bridgehead atoms. The van der Waals surface area contributed by atoms with E-state index in [4.69, 9.17) is 9.47 Å². The minimum atomic E-state index is -3.25. The second kappa shape index (κ2) is 7.77. The number of nitrogens with one attached hydrogen (secondary N) is 1. The zero-order chi connectivity index (χ0) is 14.8. The number of halogens is 1. The van der Waals surface area contributed by atoms with Crippen LogP contribution < -0.4 is 5.32 Å². The molecule has 0 radical (unpaired) electrons. The van der Waals surface area contributed by atoms with Gasteiger partial charge in [-0.2, -0.15) is 0 Å². The zero-order valence-electron chi connectivity index (χ0n) is 13.0. The van der Waals surface area contributed by atoms with Gasteiger partial charge in [-0.25, -0.2) is 12.7 Å². The van der Waals surface area contributed by atoms with Gasteiger partial charge in [0.15, 0.2) is 0 Å². The molecule has 0 aromatic rings. The Labute approximate surface area is 139 Å². The first-order chi connectivity index (χ1) is 10.1. The first kappa shape index (κ1) is 18.4. The van der Waals surface area contributed by atoms with Crippen molar-refractivity contribution in [3.05, 3.63) is 0 Å². The number of piperidine rings is 2. The van der Waals surface area contributed by atoms with Crippen LogP contribution in [-0.4, -0.2) is 70.6 Å². The third kappa shape index (κ3) is 4.33. The maximum Gasteiger partial charge on any atom is 0.216 e. The van der Waals surface area contributed by atoms with Gasteiger partial charge < -0.3 is 14.8 Å². The Morgan fingerprint density at radius 2 is 1.95 bits per heavy atom. The van der Waals surface area contributed by atoms with Crippen LogP contribution in [0, 0.1) is 5.41 Å². The lowest BCUT2D eigenvalue weighted by Gasteiger charge is -2.45. The molecular formula is C14H27ClN2O4S. The molecule has 3 heterocycles. The quantitative estimate of drug-likeness (QED) is 0.804. The minimum absolute atomic E-state index is 0. The molecule has 0 amide bonds. The van der Waals surface area contributed by atoms with Gasteiger partial charge >= 0.3 is 0 Å². The normalized spacial score (nSPS) is 29.9. The van der Waals surface area contributed by atoms with Gasteiger partial charge in [-0.3, -0.25) is 0 Å². The number of hydrogen-bond donors (Lipinski definition) is 1. The van der Waals surface area contributed by atoms with Crippen molar-refractivity contribution in [1.29, 1.82) is 0 Å². The summed E-state index contributed by atoms with van der Waals surface area (Å²) in [5, 5.41) is 3.37. The number of nitrogens with zero attached hydrogens (tertiary/aromatic N) is 1. The molecule has 3 fully saturated rings. The van der Waals surface area contributed by atoms with E-state index in [1.807, 2.05) is 0 Å². The van der Waals surface area contributed by atoms with E-state index < -0.39 is 10.0 Å². The van der Waals surface area contributed by atoms with E-state index in [1.54, 1.807) is 4.31 Å². The van der Waals surface area contributed by atoms with E-state index in [1.165, 1.54) is 0 Å². The van der Waals surface area contributed by atoms with Gasteiger partial charge in [0.25, 0.3) is 0 Å². The van der Waals surface area contributed by atoms with Crippen molar-refractivity contribution < 1.29 is 17.9 Å². The molecule has 3 saturated heterocycles. The highest BCUT2D eigenvalue weighted by atomic mass is 35.5. The molecule has 0 aliphatic carbocycles. The molecule has 3 rings (SSSR count). The lowest BCUT2D eigenvalue weighted by atomic mass is 9.73. The van der Waals surface area contributed by atoms with Crippen molar-refractivity contribution in [2.45, 2.75) is 31.8 Å². The summed E-state index contributed by atoms with van der Waals surface area (Å²) in [7, 11) is -3.25. The predicted octanol–water partition coefficient (Wildman–Crippen LogP) is 0.619. The molecule has 1 unspecified atom stereocenters. The Kier molecular flexibility index (Phi) is 6.50. The Morgan fingerprint density at radius 1 is 1.18 bits per heavy atom. The second-order valence-electron chi connectivity index (χ2n) is 6.53. The summed E-state index contributed by atoms with van der Waals surface area (Å²) < 4.78 is 37.8. The van der Waals surface area contributed by atoms with Crippen LogP contribution >= 0.6 is 12.4 Å². The average Bonchev–Trinajstić information content (AvgIpc) is 2.49. The topological polar surface area (TPSA) is 67.9 Å². The molecule has 3 aliphatic rings. The van der Waals surface area contributed by atoms with Gasteiger partial charge in [0.2, 0.25) is 10.0 Å². The first-order valence-electron chi connectivity index (χ1n) is 7.98. The summed E-state index contributed by atoms with van der Waals surface area (Å²) in [6.07, 6.45) is 3.99. The summed E-state index contributed by atoms with van der Waals surface area (Å²) in [4.78, 5) is 0. The van der Waals surface area contributed by atoms with E-state index >= 15 is 0 Å². The fourth-order valence-corrected chi connectivity index (χ4v) is 5.49. The van der Waals surface area contributed by atoms with Crippen molar-refractivity contribution >= 4 is 22.4 Å². The fraction of sp³-hybridized carbons (Fsp3) is 1.00. The number of rotatable bonds is 3. The van der Waals surface area contributed by atoms with Gasteiger partial charge in [-0.15, -0.1) is 12.4 Å². The smallest absolute Gasteiger partial charge is 0.216 e. The maximum atomic E-state index is 12.7. The molecule has 1 N–H and O–H groups in total. The van der Waals surface area contributed by atoms with E-state index in [0.717, 1.165) is 38.8 Å². The van der Waals surface area contributed by atoms with Gasteiger partial charge in [0, 0.05) is 13.1 Å². The third-order valence-electron chi connectivity index (χ3n) is 4.97. The second-order valence-corrected chi connectivity index (χ2v) is 8.55. The number of sulfonamides is 1. The van der Waals surface area contributed by atoms with Crippen LogP contribution in [0.4, 0.5) is 0 Å². The van der Waals surface area contributed by atoms with Crippen LogP contribution in [0.3, 0.4) is 0 Å². The van der Waals surface area contributed by atoms with Crippen molar-refractivity contribution in [3.8, 4) is 0 Å². The Bertz CT molecular complexity index is 442. The highest BCUT2D eigenvalue weighted by Gasteiger charge is 2.40. The average molecular weight is 355 g/mol. The van der Waals surface area contributed by atoms with Crippen LogP contribution in [0.1, 0.15) is 25.7 Å². The molecule has 6 nitrogen and oxygen atoms in total. The molecular weight excluding hydrogens is 328 g/mol. The van der Waals surface area contributed by atoms with Crippen LogP contribution in [0.2, 0.25) is 0 Å². The number of hydrogen-bond acceptors (Lipinski definition) is 5. The Morgan fingerprint density at radius 3 is 2.64 bits per heavy atom. The van der Waals surface area contributed by atoms with Crippen molar-refractivity contribution in [2.75, 3.05) is 51.8 Å². The summed E-state index contributed by atoms with van der Waals surface area (Å²) in [6.45, 7) is 4.81. The van der Waals surface area contributed by atoms with Crippen LogP contribution in [0.5, 0.6) is 0 Å². The van der Waals surface area contributed by atoms with E-state index in [9.17, 15) is 8.42 Å². The third-order valence-corrected chi connectivity index (χ3v) is 6.86. The molecule has 130 valence electrons. The molecule has 1 spiro atoms. The molecule has 0 aromatic heterocycles. The summed E-state index contributed by atoms with van der Waals surface area (Å²) >= 11 is 0. The molecule has 1 atom stereocenters. The van der Waals surface area contributed by atoms with Crippen molar-refractivity contribution in [3.63, 3.8) is 0 Å². The Balaban J connectivity index is 0.00000176. The zero-order valence-corrected chi connectivity index (χ0v) is 14.6. The van der Waals surface area contributed by atoms with Crippen LogP contribution in [0.25, 0.3) is 0 Å². The molecule has 0 aromatic carbocycles. The van der Waals surface area contributed by atoms with Gasteiger partial charge in [-0.05, 0) is 44.2 Å². The first-order valence-corrected chi connectivity index (χ1v) is 9.59. The maximum absolute atomic E-state index is 12.7. The number of ether oxygens (including phenoxy) is 2. The summed E-state index contributed by atoms with van der Waals surface area (Å²) in [6, 6.07) is 0. The van der Waals surface area contributed by atoms with Gasteiger partial charge in [-0.1, -0.05) is 0 Å². The van der Waals surface area contributed by atoms with Crippen molar-refractivity contribution in [1.82, 2.24) is 9.62 Å². The van der Waals surface area contributed by atoms with Crippen LogP contribution in [0.15, 0.2) is 0 Å². The Hall–Kier alpha value is 0.0800. The lowest BCUT2D eigenvalue weighted by Crippen LogP contribution is -2.52. The minimum Gasteiger partial charge on any atom is -0.376 e. The predicted molar refractivity (Wildman–Crippen MR) is 86.9 cm³/mol. The standard InChI is InChI=1S/C14H26N2O4S.ClH/c17-21(18,11-13-10-19-8-9-20-13)16-7-1-2-14(12-16)3-5-15-6-4-14;/h13,15H,1-12H2;1H. The monoisotopic (exact) mass is 354 g/mol. The van der Waals surface area contributed by atoms with Gasteiger partial charge in [0.1, 0.15) is 0 Å². The fourth-order valence-electron chi connectivity index (χ4n) is 3.74. The molecule has 3 aliphatic heterocycles. The summed E-state index contributed by atoms with van der Waals surface area (Å²) in [5.41, 5.74) is 0.195. The highest BCUT2D eigenvalue weighted by molar-refractivity contribution is 7.89. The molecule has 0 saturated carbocycles. The SMILES string of the molecule is Cl.O=S(=O)(CC1COCCO1)N1CCCC2(CCNCC2)C1. The largest absolute Gasteiger partial charge is 0.376 e. The highest BCUT2D eigenvalue weighted by Crippen LogP contribution is 2.38. The van der Waals surface area contributed by atoms with Crippen LogP contribution in [-0.2, 0) is 19.5 Å². The summed E-state index contributed by atoms with van der Waals surface area (Å²) in [5.74, 6) is 0.0569. The van der Waals surface area contributed by atoms with E-state index in [2.05, 4.69) is 5.32 Å². The molecule has 22 heavy (non-hydrogen) atoms. The molecule has 8 heteroatoms. The lowest BCUT2D eigenvalue weighted by molar-refractivity contribution is -0.0786.